The lowest BCUT2D eigenvalue weighted by atomic mass is 10.1. The number of hydrogen-bond donors (Lipinski definition) is 2. The van der Waals surface area contributed by atoms with Crippen molar-refractivity contribution in [2.75, 3.05) is 14.2 Å². The van der Waals surface area contributed by atoms with Gasteiger partial charge in [-0.25, -0.2) is 9.59 Å². The first-order chi connectivity index (χ1) is 13.3. The van der Waals surface area contributed by atoms with E-state index in [9.17, 15) is 19.2 Å². The van der Waals surface area contributed by atoms with Crippen LogP contribution in [0, 0.1) is 0 Å². The maximum atomic E-state index is 11.3. The van der Waals surface area contributed by atoms with E-state index in [0.29, 0.717) is 0 Å². The molecule has 0 aromatic carbocycles. The van der Waals surface area contributed by atoms with Gasteiger partial charge in [-0.1, -0.05) is 0 Å². The number of amides is 2. The van der Waals surface area contributed by atoms with Gasteiger partial charge in [0.2, 0.25) is 11.8 Å². The molecule has 0 fully saturated rings. The lowest BCUT2D eigenvalue weighted by Crippen LogP contribution is -2.39. The SMILES string of the molecule is CC(C)(N=NC(C)(C)C(N)=O)C(N)=O.COC(=O)C(C)(C)N=NC(C)(C)C(=O)OC. The normalized spacial score (nSPS) is 12.9. The number of esters is 2. The fraction of sp³-hybridized carbons (Fsp3) is 0.778. The smallest absolute Gasteiger partial charge is 0.335 e. The topological polar surface area (TPSA) is 188 Å². The van der Waals surface area contributed by atoms with Crippen LogP contribution in [0.3, 0.4) is 0 Å². The van der Waals surface area contributed by atoms with E-state index in [1.807, 2.05) is 0 Å². The van der Waals surface area contributed by atoms with Crippen LogP contribution in [0.1, 0.15) is 55.4 Å². The van der Waals surface area contributed by atoms with Crippen LogP contribution in [0.5, 0.6) is 0 Å². The number of primary amides is 2. The van der Waals surface area contributed by atoms with Gasteiger partial charge in [0.25, 0.3) is 0 Å². The molecular formula is C18H34N6O6. The van der Waals surface area contributed by atoms with Crippen molar-refractivity contribution in [1.29, 1.82) is 0 Å². The Morgan fingerprint density at radius 1 is 0.533 bits per heavy atom. The molecule has 0 saturated carbocycles. The number of methoxy groups -OCH3 is 2. The Labute approximate surface area is 176 Å². The fourth-order valence-corrected chi connectivity index (χ4v) is 1.18. The zero-order valence-corrected chi connectivity index (χ0v) is 19.4. The van der Waals surface area contributed by atoms with E-state index in [1.165, 1.54) is 41.9 Å². The van der Waals surface area contributed by atoms with Gasteiger partial charge in [0.15, 0.2) is 22.2 Å². The summed E-state index contributed by atoms with van der Waals surface area (Å²) < 4.78 is 9.12. The number of nitrogens with two attached hydrogens (primary N) is 2. The largest absolute Gasteiger partial charge is 0.467 e. The fourth-order valence-electron chi connectivity index (χ4n) is 1.18. The highest BCUT2D eigenvalue weighted by Gasteiger charge is 2.33. The summed E-state index contributed by atoms with van der Waals surface area (Å²) in [5.74, 6) is -2.25. The summed E-state index contributed by atoms with van der Waals surface area (Å²) in [7, 11) is 2.54. The van der Waals surface area contributed by atoms with Crippen LogP contribution in [0.4, 0.5) is 0 Å². The second-order valence-electron chi connectivity index (χ2n) is 8.35. The van der Waals surface area contributed by atoms with E-state index >= 15 is 0 Å². The molecule has 0 radical (unpaired) electrons. The van der Waals surface area contributed by atoms with E-state index in [2.05, 4.69) is 29.9 Å². The second-order valence-corrected chi connectivity index (χ2v) is 8.35. The first-order valence-corrected chi connectivity index (χ1v) is 8.91. The lowest BCUT2D eigenvalue weighted by Gasteiger charge is -2.19. The summed E-state index contributed by atoms with van der Waals surface area (Å²) in [5, 5.41) is 15.0. The highest BCUT2D eigenvalue weighted by molar-refractivity contribution is 5.85. The van der Waals surface area contributed by atoms with Crippen LogP contribution >= 0.6 is 0 Å². The molecule has 12 nitrogen and oxygen atoms in total. The highest BCUT2D eigenvalue weighted by atomic mass is 16.5. The zero-order chi connectivity index (χ0) is 24.6. The standard InChI is InChI=1S/C10H18N2O4.C8H16N4O2/c1-9(2,7(13)15-5)11-12-10(3,4)8(14)16-6;1-7(2,5(9)13)11-12-8(3,4)6(10)14/h1-6H3;1-4H3,(H2,9,13)(H2,10,14). The van der Waals surface area contributed by atoms with Crippen molar-refractivity contribution in [2.45, 2.75) is 77.5 Å². The molecule has 0 atom stereocenters. The van der Waals surface area contributed by atoms with Crippen LogP contribution in [0.2, 0.25) is 0 Å². The number of carbonyl (C=O) groups excluding carboxylic acids is 4. The van der Waals surface area contributed by atoms with Crippen LogP contribution in [0.25, 0.3) is 0 Å². The van der Waals surface area contributed by atoms with Crippen molar-refractivity contribution >= 4 is 23.8 Å². The quantitative estimate of drug-likeness (QED) is 0.431. The minimum Gasteiger partial charge on any atom is -0.467 e. The number of ether oxygens (including phenoxy) is 2. The predicted molar refractivity (Wildman–Crippen MR) is 108 cm³/mol. The van der Waals surface area contributed by atoms with Gasteiger partial charge in [-0.05, 0) is 55.4 Å². The third-order valence-electron chi connectivity index (χ3n) is 3.68. The highest BCUT2D eigenvalue weighted by Crippen LogP contribution is 2.18. The number of nitrogens with zero attached hydrogens (tertiary/aromatic N) is 4. The Morgan fingerprint density at radius 3 is 0.900 bits per heavy atom. The second kappa shape index (κ2) is 10.7. The van der Waals surface area contributed by atoms with E-state index in [1.54, 1.807) is 27.7 Å². The summed E-state index contributed by atoms with van der Waals surface area (Å²) >= 11 is 0. The van der Waals surface area contributed by atoms with E-state index in [-0.39, 0.29) is 0 Å². The van der Waals surface area contributed by atoms with Crippen molar-refractivity contribution in [3.63, 3.8) is 0 Å². The van der Waals surface area contributed by atoms with Gasteiger partial charge in [0, 0.05) is 0 Å². The molecule has 0 aliphatic carbocycles. The Hall–Kier alpha value is -2.92. The van der Waals surface area contributed by atoms with Crippen molar-refractivity contribution in [2.24, 2.45) is 31.9 Å². The van der Waals surface area contributed by atoms with E-state index in [0.717, 1.165) is 0 Å². The molecule has 0 heterocycles. The molecule has 0 bridgehead atoms. The van der Waals surface area contributed by atoms with Gasteiger partial charge in [-0.2, -0.15) is 20.5 Å². The van der Waals surface area contributed by atoms with Gasteiger partial charge in [-0.15, -0.1) is 0 Å². The van der Waals surface area contributed by atoms with Crippen LogP contribution in [-0.4, -0.2) is 60.1 Å². The molecule has 172 valence electrons. The summed E-state index contributed by atoms with van der Waals surface area (Å²) in [6, 6.07) is 0. The molecule has 2 amide bonds. The average Bonchev–Trinajstić information content (AvgIpc) is 2.63. The number of rotatable bonds is 8. The summed E-state index contributed by atoms with van der Waals surface area (Å²) in [6.45, 7) is 12.2. The minimum atomic E-state index is -1.12. The number of azo groups is 2. The minimum absolute atomic E-state index is 0.517. The third-order valence-corrected chi connectivity index (χ3v) is 3.68. The van der Waals surface area contributed by atoms with Gasteiger partial charge < -0.3 is 20.9 Å². The predicted octanol–water partition coefficient (Wildman–Crippen LogP) is 1.31. The average molecular weight is 431 g/mol. The monoisotopic (exact) mass is 430 g/mol. The molecule has 0 aliphatic rings. The molecule has 4 N–H and O–H groups in total. The first kappa shape index (κ1) is 29.3. The Bertz CT molecular complexity index is 652. The molecule has 0 saturated heterocycles. The molecule has 0 aromatic heterocycles. The van der Waals surface area contributed by atoms with Crippen molar-refractivity contribution in [3.05, 3.63) is 0 Å². The molecule has 30 heavy (non-hydrogen) atoms. The van der Waals surface area contributed by atoms with Crippen molar-refractivity contribution in [1.82, 2.24) is 0 Å². The van der Waals surface area contributed by atoms with Crippen LogP contribution in [0.15, 0.2) is 20.5 Å². The molecule has 0 aromatic rings. The Balaban J connectivity index is 0. The van der Waals surface area contributed by atoms with Gasteiger partial charge in [-0.3, -0.25) is 9.59 Å². The third kappa shape index (κ3) is 9.52. The zero-order valence-electron chi connectivity index (χ0n) is 19.4. The van der Waals surface area contributed by atoms with E-state index < -0.39 is 45.9 Å². The lowest BCUT2D eigenvalue weighted by molar-refractivity contribution is -0.148. The molecule has 12 heteroatoms. The Morgan fingerprint density at radius 2 is 0.733 bits per heavy atom. The van der Waals surface area contributed by atoms with Gasteiger partial charge >= 0.3 is 11.9 Å². The number of carbonyl (C=O) groups is 4. The van der Waals surface area contributed by atoms with Crippen LogP contribution in [-0.2, 0) is 28.7 Å². The summed E-state index contributed by atoms with van der Waals surface area (Å²) in [6.07, 6.45) is 0. The maximum Gasteiger partial charge on any atom is 0.335 e. The maximum absolute atomic E-state index is 11.3. The number of hydrogen-bond acceptors (Lipinski definition) is 10. The first-order valence-electron chi connectivity index (χ1n) is 8.91. The molecule has 0 spiro atoms. The van der Waals surface area contributed by atoms with Crippen molar-refractivity contribution < 1.29 is 28.7 Å². The molecule has 0 unspecified atom stereocenters. The molecule has 0 rings (SSSR count). The molecular weight excluding hydrogens is 396 g/mol. The summed E-state index contributed by atoms with van der Waals surface area (Å²) in [5.41, 5.74) is 5.67. The Kier molecular flexibility index (Phi) is 10.5. The molecule has 0 aliphatic heterocycles. The van der Waals surface area contributed by atoms with Crippen molar-refractivity contribution in [3.8, 4) is 0 Å². The van der Waals surface area contributed by atoms with E-state index in [4.69, 9.17) is 11.5 Å². The van der Waals surface area contributed by atoms with Crippen LogP contribution < -0.4 is 11.5 Å². The van der Waals surface area contributed by atoms with Gasteiger partial charge in [0.05, 0.1) is 14.2 Å². The summed E-state index contributed by atoms with van der Waals surface area (Å²) in [4.78, 5) is 44.3. The van der Waals surface area contributed by atoms with Gasteiger partial charge in [0.1, 0.15) is 0 Å².